The van der Waals surface area contributed by atoms with Crippen LogP contribution in [0.5, 0.6) is 0 Å². The summed E-state index contributed by atoms with van der Waals surface area (Å²) in [5.74, 6) is 1.89. The van der Waals surface area contributed by atoms with Gasteiger partial charge in [-0.25, -0.2) is 0 Å². The summed E-state index contributed by atoms with van der Waals surface area (Å²) in [6.45, 7) is 2.95. The second-order valence-electron chi connectivity index (χ2n) is 2.82. The van der Waals surface area contributed by atoms with E-state index in [-0.39, 0.29) is 0 Å². The number of ether oxygens (including phenoxy) is 1. The van der Waals surface area contributed by atoms with Crippen molar-refractivity contribution in [3.05, 3.63) is 0 Å². The van der Waals surface area contributed by atoms with E-state index in [9.17, 15) is 0 Å². The molecule has 1 N–H and O–H groups in total. The molecule has 8 heavy (non-hydrogen) atoms. The first-order valence-electron chi connectivity index (χ1n) is 3.10. The maximum absolute atomic E-state index is 8.99. The van der Waals surface area contributed by atoms with E-state index in [4.69, 9.17) is 9.84 Å². The van der Waals surface area contributed by atoms with Crippen LogP contribution in [0.15, 0.2) is 0 Å². The molecule has 1 aliphatic carbocycles. The molecule has 0 unspecified atom stereocenters. The van der Waals surface area contributed by atoms with Crippen LogP contribution >= 0.6 is 0 Å². The first-order valence-corrected chi connectivity index (χ1v) is 3.10. The van der Waals surface area contributed by atoms with E-state index in [0.717, 1.165) is 12.5 Å². The molecule has 1 heterocycles. The van der Waals surface area contributed by atoms with Crippen molar-refractivity contribution in [2.24, 2.45) is 17.8 Å². The number of hydrogen-bond donors (Lipinski definition) is 1. The van der Waals surface area contributed by atoms with Gasteiger partial charge in [0.05, 0.1) is 6.61 Å². The molecule has 1 saturated carbocycles. The van der Waals surface area contributed by atoms with Gasteiger partial charge in [0.1, 0.15) is 0 Å². The van der Waals surface area contributed by atoms with Gasteiger partial charge in [-0.2, -0.15) is 0 Å². The van der Waals surface area contributed by atoms with E-state index in [1.807, 2.05) is 0 Å². The maximum atomic E-state index is 8.99. The molecule has 0 amide bonds. The van der Waals surface area contributed by atoms with Crippen LogP contribution in [0.2, 0.25) is 0 Å². The van der Waals surface area contributed by atoms with E-state index in [1.54, 1.807) is 0 Å². The number of fused-ring (bicyclic) bond motifs is 1. The van der Waals surface area contributed by atoms with E-state index in [1.165, 1.54) is 0 Å². The Labute approximate surface area is 48.5 Å². The van der Waals surface area contributed by atoms with Gasteiger partial charge in [0, 0.05) is 5.92 Å². The van der Waals surface area contributed by atoms with Gasteiger partial charge >= 0.3 is 0 Å². The van der Waals surface area contributed by atoms with Gasteiger partial charge in [0.2, 0.25) is 0 Å². The predicted molar refractivity (Wildman–Crippen MR) is 28.1 cm³/mol. The van der Waals surface area contributed by atoms with Crippen molar-refractivity contribution in [1.29, 1.82) is 0 Å². The second kappa shape index (κ2) is 1.25. The van der Waals surface area contributed by atoms with Gasteiger partial charge in [-0.15, -0.1) is 0 Å². The maximum Gasteiger partial charge on any atom is 0.157 e. The van der Waals surface area contributed by atoms with Crippen molar-refractivity contribution < 1.29 is 9.84 Å². The molecule has 1 aliphatic heterocycles. The Morgan fingerprint density at radius 1 is 1.62 bits per heavy atom. The fraction of sp³-hybridized carbons (Fsp3) is 1.00. The van der Waals surface area contributed by atoms with E-state index in [2.05, 4.69) is 6.92 Å². The Hall–Kier alpha value is -0.0800. The SMILES string of the molecule is C[C@H]1[C@H]2CO[C@H](O)[C@@H]12. The van der Waals surface area contributed by atoms with E-state index < -0.39 is 6.29 Å². The average molecular weight is 114 g/mol. The summed E-state index contributed by atoms with van der Waals surface area (Å²) < 4.78 is 4.94. The third-order valence-electron chi connectivity index (χ3n) is 2.42. The van der Waals surface area contributed by atoms with Crippen LogP contribution in [-0.2, 0) is 4.74 Å². The Morgan fingerprint density at radius 3 is 2.62 bits per heavy atom. The van der Waals surface area contributed by atoms with Crippen LogP contribution in [0.1, 0.15) is 6.92 Å². The average Bonchev–Trinajstić information content (AvgIpc) is 2.13. The molecule has 2 nitrogen and oxygen atoms in total. The van der Waals surface area contributed by atoms with Crippen molar-refractivity contribution in [2.75, 3.05) is 6.61 Å². The van der Waals surface area contributed by atoms with Gasteiger partial charge in [0.15, 0.2) is 6.29 Å². The minimum atomic E-state index is -0.435. The number of hydrogen-bond acceptors (Lipinski definition) is 2. The van der Waals surface area contributed by atoms with Crippen molar-refractivity contribution in [2.45, 2.75) is 13.2 Å². The van der Waals surface area contributed by atoms with Crippen molar-refractivity contribution >= 4 is 0 Å². The summed E-state index contributed by atoms with van der Waals surface area (Å²) in [6.07, 6.45) is -0.435. The lowest BCUT2D eigenvalue weighted by atomic mass is 10.3. The molecule has 0 radical (unpaired) electrons. The van der Waals surface area contributed by atoms with Crippen LogP contribution in [0.25, 0.3) is 0 Å². The molecular formula is C6H10O2. The third kappa shape index (κ3) is 0.400. The van der Waals surface area contributed by atoms with Gasteiger partial charge in [-0.1, -0.05) is 6.92 Å². The molecule has 4 atom stereocenters. The van der Waals surface area contributed by atoms with Crippen LogP contribution in [0, 0.1) is 17.8 Å². The normalized spacial score (nSPS) is 60.8. The van der Waals surface area contributed by atoms with Crippen molar-refractivity contribution in [3.63, 3.8) is 0 Å². The minimum Gasteiger partial charge on any atom is -0.368 e. The Balaban J connectivity index is 2.07. The monoisotopic (exact) mass is 114 g/mol. The highest BCUT2D eigenvalue weighted by Crippen LogP contribution is 2.52. The van der Waals surface area contributed by atoms with Crippen LogP contribution in [0.3, 0.4) is 0 Å². The van der Waals surface area contributed by atoms with E-state index >= 15 is 0 Å². The molecule has 0 bridgehead atoms. The Morgan fingerprint density at radius 2 is 2.38 bits per heavy atom. The van der Waals surface area contributed by atoms with Crippen LogP contribution in [-0.4, -0.2) is 18.0 Å². The minimum absolute atomic E-state index is 0.435. The van der Waals surface area contributed by atoms with Crippen LogP contribution in [0.4, 0.5) is 0 Å². The second-order valence-corrected chi connectivity index (χ2v) is 2.82. The molecule has 2 aliphatic rings. The first-order chi connectivity index (χ1) is 3.80. The lowest BCUT2D eigenvalue weighted by Crippen LogP contribution is -2.10. The number of aliphatic hydroxyl groups is 1. The smallest absolute Gasteiger partial charge is 0.157 e. The molecule has 2 fully saturated rings. The molecular weight excluding hydrogens is 104 g/mol. The first kappa shape index (κ1) is 4.77. The lowest BCUT2D eigenvalue weighted by Gasteiger charge is -2.03. The van der Waals surface area contributed by atoms with Gasteiger partial charge in [0.25, 0.3) is 0 Å². The summed E-state index contributed by atoms with van der Waals surface area (Å²) >= 11 is 0. The summed E-state index contributed by atoms with van der Waals surface area (Å²) in [5.41, 5.74) is 0. The molecule has 46 valence electrons. The Bertz CT molecular complexity index is 111. The highest BCUT2D eigenvalue weighted by atomic mass is 16.6. The summed E-state index contributed by atoms with van der Waals surface area (Å²) in [4.78, 5) is 0. The molecule has 0 aromatic rings. The quantitative estimate of drug-likeness (QED) is 0.488. The van der Waals surface area contributed by atoms with Gasteiger partial charge in [-0.05, 0) is 11.8 Å². The summed E-state index contributed by atoms with van der Waals surface area (Å²) in [5, 5.41) is 8.99. The Kier molecular flexibility index (Phi) is 0.746. The van der Waals surface area contributed by atoms with E-state index in [0.29, 0.717) is 11.8 Å². The zero-order valence-corrected chi connectivity index (χ0v) is 4.87. The predicted octanol–water partition coefficient (Wildman–Crippen LogP) is 0.217. The van der Waals surface area contributed by atoms with Crippen LogP contribution < -0.4 is 0 Å². The highest BCUT2D eigenvalue weighted by molar-refractivity contribution is 4.99. The highest BCUT2D eigenvalue weighted by Gasteiger charge is 2.56. The zero-order chi connectivity index (χ0) is 5.72. The van der Waals surface area contributed by atoms with Crippen molar-refractivity contribution in [1.82, 2.24) is 0 Å². The largest absolute Gasteiger partial charge is 0.368 e. The van der Waals surface area contributed by atoms with Crippen molar-refractivity contribution in [3.8, 4) is 0 Å². The molecule has 1 saturated heterocycles. The van der Waals surface area contributed by atoms with Gasteiger partial charge in [-0.3, -0.25) is 0 Å². The third-order valence-corrected chi connectivity index (χ3v) is 2.42. The topological polar surface area (TPSA) is 29.5 Å². The molecule has 2 heteroatoms. The standard InChI is InChI=1S/C6H10O2/c1-3-4-2-8-6(7)5(3)4/h3-7H,2H2,1H3/t3-,4+,5-,6-/m0/s1. The molecule has 0 spiro atoms. The zero-order valence-electron chi connectivity index (χ0n) is 4.87. The number of aliphatic hydroxyl groups excluding tert-OH is 1. The summed E-state index contributed by atoms with van der Waals surface area (Å²) in [6, 6.07) is 0. The molecule has 2 rings (SSSR count). The summed E-state index contributed by atoms with van der Waals surface area (Å²) in [7, 11) is 0. The molecule has 0 aromatic carbocycles. The number of rotatable bonds is 0. The molecule has 0 aromatic heterocycles. The fourth-order valence-corrected chi connectivity index (χ4v) is 1.63. The fourth-order valence-electron chi connectivity index (χ4n) is 1.63. The lowest BCUT2D eigenvalue weighted by molar-refractivity contribution is -0.0877. The van der Waals surface area contributed by atoms with Gasteiger partial charge < -0.3 is 9.84 Å².